The van der Waals surface area contributed by atoms with Crippen molar-refractivity contribution in [2.75, 3.05) is 11.4 Å². The van der Waals surface area contributed by atoms with Crippen LogP contribution in [0.4, 0.5) is 15.4 Å². The topological polar surface area (TPSA) is 97.8 Å². The lowest BCUT2D eigenvalue weighted by Crippen LogP contribution is -2.42. The zero-order chi connectivity index (χ0) is 23.8. The lowest BCUT2D eigenvalue weighted by atomic mass is 10.1. The van der Waals surface area contributed by atoms with Gasteiger partial charge in [-0.2, -0.15) is 0 Å². The number of hydrogen-bond donors (Lipinski definition) is 1. The smallest absolute Gasteiger partial charge is 0.416 e. The van der Waals surface area contributed by atoms with Gasteiger partial charge in [-0.05, 0) is 73.4 Å². The molecule has 1 aromatic heterocycles. The molecule has 0 unspecified atom stereocenters. The maximum absolute atomic E-state index is 12.6. The molecular weight excluding hydrogens is 398 g/mol. The molecule has 0 aliphatic carbocycles. The van der Waals surface area contributed by atoms with Gasteiger partial charge in [-0.1, -0.05) is 6.92 Å². The number of ketones is 1. The quantitative estimate of drug-likeness (QED) is 0.450. The summed E-state index contributed by atoms with van der Waals surface area (Å²) < 4.78 is 10.7. The number of alkyl carbamates (subject to hydrolysis) is 1. The molecule has 174 valence electrons. The van der Waals surface area contributed by atoms with Gasteiger partial charge in [-0.15, -0.1) is 0 Å². The second-order valence-electron chi connectivity index (χ2n) is 9.47. The van der Waals surface area contributed by atoms with Crippen molar-refractivity contribution >= 4 is 23.8 Å². The Morgan fingerprint density at radius 1 is 1.06 bits per heavy atom. The second kappa shape index (κ2) is 11.1. The Morgan fingerprint density at radius 3 is 2.16 bits per heavy atom. The number of rotatable bonds is 8. The van der Waals surface area contributed by atoms with Gasteiger partial charge in [0.15, 0.2) is 5.78 Å². The summed E-state index contributed by atoms with van der Waals surface area (Å²) in [6, 6.07) is 3.20. The van der Waals surface area contributed by atoms with E-state index in [0.717, 1.165) is 6.42 Å². The molecule has 1 aromatic rings. The fourth-order valence-electron chi connectivity index (χ4n) is 2.58. The Balaban J connectivity index is 2.70. The standard InChI is InChI=1S/C23H37N3O5/c1-9-16(2)26(21(29)31-23(6,7)8)19-13-12-17(15-25-19)18(27)11-10-14-24-20(28)30-22(3,4)5/h12-13,15-16H,9-11,14H2,1-8H3,(H,24,28)/t16-/m1/s1. The van der Waals surface area contributed by atoms with Crippen molar-refractivity contribution in [2.24, 2.45) is 0 Å². The van der Waals surface area contributed by atoms with Crippen molar-refractivity contribution < 1.29 is 23.9 Å². The average molecular weight is 436 g/mol. The molecule has 0 saturated carbocycles. The first-order valence-electron chi connectivity index (χ1n) is 10.7. The summed E-state index contributed by atoms with van der Waals surface area (Å²) in [7, 11) is 0. The van der Waals surface area contributed by atoms with E-state index in [1.54, 1.807) is 32.9 Å². The second-order valence-corrected chi connectivity index (χ2v) is 9.47. The molecule has 1 heterocycles. The van der Waals surface area contributed by atoms with Crippen molar-refractivity contribution in [1.82, 2.24) is 10.3 Å². The summed E-state index contributed by atoms with van der Waals surface area (Å²) in [5.41, 5.74) is -0.726. The number of hydrogen-bond acceptors (Lipinski definition) is 6. The van der Waals surface area contributed by atoms with Crippen molar-refractivity contribution in [3.8, 4) is 0 Å². The Labute approximate surface area is 185 Å². The van der Waals surface area contributed by atoms with Crippen molar-refractivity contribution in [1.29, 1.82) is 0 Å². The summed E-state index contributed by atoms with van der Waals surface area (Å²) in [6.45, 7) is 15.0. The predicted molar refractivity (Wildman–Crippen MR) is 121 cm³/mol. The molecule has 0 fully saturated rings. The van der Waals surface area contributed by atoms with E-state index in [1.807, 2.05) is 34.6 Å². The summed E-state index contributed by atoms with van der Waals surface area (Å²) >= 11 is 0. The first kappa shape index (κ1) is 26.4. The van der Waals surface area contributed by atoms with Crippen LogP contribution in [0.3, 0.4) is 0 Å². The van der Waals surface area contributed by atoms with Gasteiger partial charge in [0, 0.05) is 30.8 Å². The van der Waals surface area contributed by atoms with Crippen LogP contribution in [-0.2, 0) is 9.47 Å². The third-order valence-corrected chi connectivity index (χ3v) is 4.19. The molecule has 2 amide bonds. The largest absolute Gasteiger partial charge is 0.444 e. The minimum atomic E-state index is -0.619. The number of nitrogens with zero attached hydrogens (tertiary/aromatic N) is 2. The van der Waals surface area contributed by atoms with Gasteiger partial charge in [0.05, 0.1) is 0 Å². The Hall–Kier alpha value is -2.64. The van der Waals surface area contributed by atoms with Gasteiger partial charge in [-0.3, -0.25) is 9.69 Å². The van der Waals surface area contributed by atoms with E-state index in [2.05, 4.69) is 10.3 Å². The van der Waals surface area contributed by atoms with E-state index in [4.69, 9.17) is 9.47 Å². The van der Waals surface area contributed by atoms with Crippen molar-refractivity contribution in [2.45, 2.75) is 91.9 Å². The highest BCUT2D eigenvalue weighted by molar-refractivity contribution is 5.96. The van der Waals surface area contributed by atoms with E-state index < -0.39 is 23.4 Å². The van der Waals surface area contributed by atoms with Crippen LogP contribution in [0.2, 0.25) is 0 Å². The molecule has 0 aliphatic heterocycles. The van der Waals surface area contributed by atoms with Crippen LogP contribution in [0.25, 0.3) is 0 Å². The fraction of sp³-hybridized carbons (Fsp3) is 0.652. The number of carbonyl (C=O) groups excluding carboxylic acids is 3. The number of anilines is 1. The minimum Gasteiger partial charge on any atom is -0.444 e. The SMILES string of the molecule is CC[C@@H](C)N(C(=O)OC(C)(C)C)c1ccc(C(=O)CCCNC(=O)OC(C)(C)C)cn1. The third kappa shape index (κ3) is 9.81. The van der Waals surface area contributed by atoms with Crippen LogP contribution in [0.15, 0.2) is 18.3 Å². The molecule has 0 saturated heterocycles. The zero-order valence-corrected chi connectivity index (χ0v) is 20.1. The summed E-state index contributed by atoms with van der Waals surface area (Å²) in [5.74, 6) is 0.351. The Morgan fingerprint density at radius 2 is 1.68 bits per heavy atom. The van der Waals surface area contributed by atoms with E-state index >= 15 is 0 Å². The first-order valence-corrected chi connectivity index (χ1v) is 10.7. The summed E-state index contributed by atoms with van der Waals surface area (Å²) in [4.78, 5) is 42.5. The van der Waals surface area contributed by atoms with Crippen LogP contribution in [0.5, 0.6) is 0 Å². The molecule has 0 aliphatic rings. The minimum absolute atomic E-state index is 0.0857. The molecule has 0 aromatic carbocycles. The molecule has 1 N–H and O–H groups in total. The average Bonchev–Trinajstić information content (AvgIpc) is 2.62. The van der Waals surface area contributed by atoms with Gasteiger partial charge >= 0.3 is 12.2 Å². The number of aromatic nitrogens is 1. The maximum Gasteiger partial charge on any atom is 0.416 e. The number of amides is 2. The van der Waals surface area contributed by atoms with Gasteiger partial charge in [0.2, 0.25) is 0 Å². The molecule has 0 radical (unpaired) electrons. The van der Waals surface area contributed by atoms with Crippen LogP contribution < -0.4 is 10.2 Å². The van der Waals surface area contributed by atoms with E-state index in [0.29, 0.717) is 24.3 Å². The van der Waals surface area contributed by atoms with Crippen LogP contribution >= 0.6 is 0 Å². The molecule has 1 rings (SSSR count). The molecule has 0 spiro atoms. The predicted octanol–water partition coefficient (Wildman–Crippen LogP) is 5.11. The third-order valence-electron chi connectivity index (χ3n) is 4.19. The lowest BCUT2D eigenvalue weighted by molar-refractivity contribution is 0.0522. The van der Waals surface area contributed by atoms with Crippen LogP contribution in [0.1, 0.15) is 85.0 Å². The highest BCUT2D eigenvalue weighted by atomic mass is 16.6. The van der Waals surface area contributed by atoms with Gasteiger partial charge in [0.1, 0.15) is 17.0 Å². The van der Waals surface area contributed by atoms with Crippen LogP contribution in [-0.4, -0.2) is 46.7 Å². The van der Waals surface area contributed by atoms with Gasteiger partial charge in [-0.25, -0.2) is 14.6 Å². The van der Waals surface area contributed by atoms with E-state index in [-0.39, 0.29) is 18.2 Å². The monoisotopic (exact) mass is 435 g/mol. The number of ether oxygens (including phenoxy) is 2. The molecule has 8 nitrogen and oxygen atoms in total. The fourth-order valence-corrected chi connectivity index (χ4v) is 2.58. The first-order chi connectivity index (χ1) is 14.2. The Bertz CT molecular complexity index is 748. The molecule has 1 atom stereocenters. The number of pyridine rings is 1. The van der Waals surface area contributed by atoms with E-state index in [9.17, 15) is 14.4 Å². The van der Waals surface area contributed by atoms with Crippen LogP contribution in [0, 0.1) is 0 Å². The number of Topliss-reactive ketones (excluding diaryl/α,β-unsaturated/α-hetero) is 1. The molecule has 31 heavy (non-hydrogen) atoms. The number of carbonyl (C=O) groups is 3. The summed E-state index contributed by atoms with van der Waals surface area (Å²) in [5, 5.41) is 2.63. The lowest BCUT2D eigenvalue weighted by Gasteiger charge is -2.30. The Kier molecular flexibility index (Phi) is 9.46. The van der Waals surface area contributed by atoms with Crippen molar-refractivity contribution in [3.05, 3.63) is 23.9 Å². The summed E-state index contributed by atoms with van der Waals surface area (Å²) in [6.07, 6.45) is 1.97. The number of nitrogens with one attached hydrogen (secondary N) is 1. The molecule has 8 heteroatoms. The molecular formula is C23H37N3O5. The van der Waals surface area contributed by atoms with Gasteiger partial charge < -0.3 is 14.8 Å². The normalized spacial score (nSPS) is 12.6. The van der Waals surface area contributed by atoms with Crippen molar-refractivity contribution in [3.63, 3.8) is 0 Å². The molecule has 0 bridgehead atoms. The maximum atomic E-state index is 12.6. The highest BCUT2D eigenvalue weighted by Crippen LogP contribution is 2.21. The highest BCUT2D eigenvalue weighted by Gasteiger charge is 2.27. The van der Waals surface area contributed by atoms with Gasteiger partial charge in [0.25, 0.3) is 0 Å². The zero-order valence-electron chi connectivity index (χ0n) is 20.1. The van der Waals surface area contributed by atoms with E-state index in [1.165, 1.54) is 11.1 Å².